The smallest absolute Gasteiger partial charge is 0.193 e. The van der Waals surface area contributed by atoms with Crippen molar-refractivity contribution >= 4 is 29.9 Å². The summed E-state index contributed by atoms with van der Waals surface area (Å²) in [5.74, 6) is 2.48. The van der Waals surface area contributed by atoms with Crippen LogP contribution in [0.1, 0.15) is 18.9 Å². The normalized spacial score (nSPS) is 10.9. The van der Waals surface area contributed by atoms with E-state index in [0.717, 1.165) is 49.1 Å². The van der Waals surface area contributed by atoms with Crippen molar-refractivity contribution in [2.45, 2.75) is 26.4 Å². The second-order valence-corrected chi connectivity index (χ2v) is 5.89. The Morgan fingerprint density at radius 2 is 2.11 bits per heavy atom. The van der Waals surface area contributed by atoms with Crippen LogP contribution < -0.4 is 14.8 Å². The molecule has 0 bridgehead atoms. The van der Waals surface area contributed by atoms with Crippen molar-refractivity contribution in [3.05, 3.63) is 42.2 Å². The molecular weight excluding hydrogens is 457 g/mol. The molecule has 7 nitrogen and oxygen atoms in total. The van der Waals surface area contributed by atoms with Crippen LogP contribution in [0.3, 0.4) is 0 Å². The van der Waals surface area contributed by atoms with E-state index in [2.05, 4.69) is 22.2 Å². The molecule has 0 spiro atoms. The van der Waals surface area contributed by atoms with Crippen molar-refractivity contribution in [3.63, 3.8) is 0 Å². The number of halogens is 1. The minimum Gasteiger partial charge on any atom is -0.497 e. The summed E-state index contributed by atoms with van der Waals surface area (Å²) >= 11 is 0. The Morgan fingerprint density at radius 3 is 2.74 bits per heavy atom. The molecule has 0 saturated heterocycles. The second-order valence-electron chi connectivity index (χ2n) is 5.89. The van der Waals surface area contributed by atoms with Crippen molar-refractivity contribution in [1.29, 1.82) is 0 Å². The molecule has 8 heteroatoms. The number of benzene rings is 1. The summed E-state index contributed by atoms with van der Waals surface area (Å²) in [6.45, 7) is 5.19. The summed E-state index contributed by atoms with van der Waals surface area (Å²) in [6, 6.07) is 7.80. The van der Waals surface area contributed by atoms with E-state index in [1.165, 1.54) is 0 Å². The van der Waals surface area contributed by atoms with Crippen molar-refractivity contribution in [3.8, 4) is 11.5 Å². The first kappa shape index (κ1) is 23.1. The van der Waals surface area contributed by atoms with Crippen LogP contribution in [0, 0.1) is 0 Å². The fourth-order valence-electron chi connectivity index (χ4n) is 2.63. The lowest BCUT2D eigenvalue weighted by Crippen LogP contribution is -2.38. The number of nitrogens with one attached hydrogen (secondary N) is 1. The van der Waals surface area contributed by atoms with E-state index in [1.54, 1.807) is 20.4 Å². The topological polar surface area (TPSA) is 63.9 Å². The third-order valence-corrected chi connectivity index (χ3v) is 3.96. The van der Waals surface area contributed by atoms with Crippen LogP contribution in [0.5, 0.6) is 11.5 Å². The number of hydrogen-bond acceptors (Lipinski definition) is 4. The lowest BCUT2D eigenvalue weighted by molar-refractivity contribution is 0.382. The maximum Gasteiger partial charge on any atom is 0.193 e. The fourth-order valence-corrected chi connectivity index (χ4v) is 2.63. The van der Waals surface area contributed by atoms with Gasteiger partial charge in [0.05, 0.1) is 14.2 Å². The largest absolute Gasteiger partial charge is 0.497 e. The molecule has 0 radical (unpaired) electrons. The highest BCUT2D eigenvalue weighted by molar-refractivity contribution is 14.0. The highest BCUT2D eigenvalue weighted by Crippen LogP contribution is 2.25. The lowest BCUT2D eigenvalue weighted by atomic mass is 10.2. The number of aryl methyl sites for hydroxylation is 1. The molecule has 2 rings (SSSR count). The van der Waals surface area contributed by atoms with E-state index < -0.39 is 0 Å². The van der Waals surface area contributed by atoms with Gasteiger partial charge in [-0.1, -0.05) is 0 Å². The van der Waals surface area contributed by atoms with Crippen molar-refractivity contribution < 1.29 is 9.47 Å². The van der Waals surface area contributed by atoms with Crippen molar-refractivity contribution in [2.75, 3.05) is 34.4 Å². The Bertz CT molecular complexity index is 691. The maximum atomic E-state index is 5.49. The number of ether oxygens (including phenoxy) is 2. The third kappa shape index (κ3) is 7.28. The first-order chi connectivity index (χ1) is 12.7. The van der Waals surface area contributed by atoms with Crippen LogP contribution in [0.15, 0.2) is 41.7 Å². The van der Waals surface area contributed by atoms with E-state index in [0.29, 0.717) is 6.54 Å². The number of nitrogens with zero attached hydrogens (tertiary/aromatic N) is 4. The average molecular weight is 487 g/mol. The van der Waals surface area contributed by atoms with Crippen LogP contribution in [-0.4, -0.2) is 55.0 Å². The molecule has 0 amide bonds. The Kier molecular flexibility index (Phi) is 10.6. The summed E-state index contributed by atoms with van der Waals surface area (Å²) in [4.78, 5) is 6.82. The highest BCUT2D eigenvalue weighted by Gasteiger charge is 2.11. The van der Waals surface area contributed by atoms with Gasteiger partial charge in [-0.05, 0) is 31.5 Å². The van der Waals surface area contributed by atoms with Gasteiger partial charge in [-0.15, -0.1) is 24.0 Å². The fraction of sp³-hybridized carbons (Fsp3) is 0.474. The molecule has 1 aromatic heterocycles. The van der Waals surface area contributed by atoms with Gasteiger partial charge in [-0.2, -0.15) is 5.10 Å². The lowest BCUT2D eigenvalue weighted by Gasteiger charge is -2.23. The van der Waals surface area contributed by atoms with Gasteiger partial charge in [0.2, 0.25) is 0 Å². The maximum absolute atomic E-state index is 5.49. The molecule has 0 fully saturated rings. The van der Waals surface area contributed by atoms with E-state index >= 15 is 0 Å². The van der Waals surface area contributed by atoms with Gasteiger partial charge in [0.1, 0.15) is 11.5 Å². The molecule has 150 valence electrons. The van der Waals surface area contributed by atoms with Crippen LogP contribution in [0.2, 0.25) is 0 Å². The van der Waals surface area contributed by atoms with Gasteiger partial charge >= 0.3 is 0 Å². The number of guanidine groups is 1. The number of aromatic nitrogens is 2. The number of aliphatic imine (C=N–C) groups is 1. The molecule has 0 atom stereocenters. The number of rotatable bonds is 9. The summed E-state index contributed by atoms with van der Waals surface area (Å²) in [5.41, 5.74) is 1.08. The van der Waals surface area contributed by atoms with Crippen LogP contribution >= 0.6 is 24.0 Å². The molecule has 1 heterocycles. The summed E-state index contributed by atoms with van der Waals surface area (Å²) in [6.07, 6.45) is 4.70. The predicted octanol–water partition coefficient (Wildman–Crippen LogP) is 3.01. The van der Waals surface area contributed by atoms with E-state index in [9.17, 15) is 0 Å². The van der Waals surface area contributed by atoms with Crippen LogP contribution in [0.25, 0.3) is 0 Å². The Balaban J connectivity index is 0.00000364. The van der Waals surface area contributed by atoms with Gasteiger partial charge in [0.15, 0.2) is 5.96 Å². The minimum absolute atomic E-state index is 0. The zero-order valence-corrected chi connectivity index (χ0v) is 18.8. The van der Waals surface area contributed by atoms with Gasteiger partial charge < -0.3 is 19.7 Å². The van der Waals surface area contributed by atoms with Crippen molar-refractivity contribution in [1.82, 2.24) is 20.0 Å². The average Bonchev–Trinajstić information content (AvgIpc) is 3.18. The third-order valence-electron chi connectivity index (χ3n) is 3.96. The first-order valence-electron chi connectivity index (χ1n) is 8.85. The molecule has 1 N–H and O–H groups in total. The first-order valence-corrected chi connectivity index (χ1v) is 8.85. The molecule has 0 aliphatic heterocycles. The van der Waals surface area contributed by atoms with Crippen LogP contribution in [0.4, 0.5) is 0 Å². The molecule has 2 aromatic rings. The standard InChI is InChI=1S/C19H29N5O2.HI/c1-5-20-19(21-10-6-12-24-13-7-11-22-24)23(2)15-16-8-9-17(25-3)14-18(16)26-4;/h7-9,11,13-14H,5-6,10,12,15H2,1-4H3,(H,20,21);1H. The van der Waals surface area contributed by atoms with Crippen molar-refractivity contribution in [2.24, 2.45) is 4.99 Å². The molecule has 0 aliphatic rings. The Hall–Kier alpha value is -1.97. The molecule has 0 saturated carbocycles. The molecule has 27 heavy (non-hydrogen) atoms. The van der Waals surface area contributed by atoms with E-state index in [1.807, 2.05) is 42.2 Å². The monoisotopic (exact) mass is 487 g/mol. The SMILES string of the molecule is CCNC(=NCCCn1cccn1)N(C)Cc1ccc(OC)cc1OC.I. The van der Waals surface area contributed by atoms with Crippen LogP contribution in [-0.2, 0) is 13.1 Å². The zero-order valence-electron chi connectivity index (χ0n) is 16.5. The van der Waals surface area contributed by atoms with E-state index in [-0.39, 0.29) is 24.0 Å². The Labute approximate surface area is 178 Å². The highest BCUT2D eigenvalue weighted by atomic mass is 127. The van der Waals surface area contributed by atoms with Gasteiger partial charge in [-0.3, -0.25) is 9.67 Å². The molecule has 0 aliphatic carbocycles. The zero-order chi connectivity index (χ0) is 18.8. The predicted molar refractivity (Wildman–Crippen MR) is 119 cm³/mol. The molecular formula is C19H30IN5O2. The van der Waals surface area contributed by atoms with Gasteiger partial charge in [0, 0.05) is 57.3 Å². The quantitative estimate of drug-likeness (QED) is 0.255. The second kappa shape index (κ2) is 12.4. The Morgan fingerprint density at radius 1 is 1.30 bits per heavy atom. The summed E-state index contributed by atoms with van der Waals surface area (Å²) in [7, 11) is 5.35. The summed E-state index contributed by atoms with van der Waals surface area (Å²) < 4.78 is 12.7. The minimum atomic E-state index is 0. The van der Waals surface area contributed by atoms with Gasteiger partial charge in [0.25, 0.3) is 0 Å². The van der Waals surface area contributed by atoms with E-state index in [4.69, 9.17) is 14.5 Å². The van der Waals surface area contributed by atoms with Gasteiger partial charge in [-0.25, -0.2) is 0 Å². The molecule has 0 unspecified atom stereocenters. The molecule has 1 aromatic carbocycles. The number of hydrogen-bond donors (Lipinski definition) is 1. The number of methoxy groups -OCH3 is 2. The summed E-state index contributed by atoms with van der Waals surface area (Å²) in [5, 5.41) is 7.56.